The van der Waals surface area contributed by atoms with Gasteiger partial charge < -0.3 is 15.1 Å². The van der Waals surface area contributed by atoms with Crippen molar-refractivity contribution in [1.82, 2.24) is 4.98 Å². The fourth-order valence-electron chi connectivity index (χ4n) is 3.62. The molecule has 0 aliphatic heterocycles. The van der Waals surface area contributed by atoms with Gasteiger partial charge in [0.15, 0.2) is 11.5 Å². The topological polar surface area (TPSA) is 91.0 Å². The van der Waals surface area contributed by atoms with Crippen LogP contribution in [0.2, 0.25) is 0 Å². The fraction of sp³-hybridized carbons (Fsp3) is 0.381. The molecule has 2 heterocycles. The van der Waals surface area contributed by atoms with Crippen molar-refractivity contribution in [3.05, 3.63) is 40.1 Å². The lowest BCUT2D eigenvalue weighted by Gasteiger charge is -2.15. The highest BCUT2D eigenvalue weighted by Gasteiger charge is 2.22. The van der Waals surface area contributed by atoms with Gasteiger partial charge in [-0.15, -0.1) is 11.3 Å². The third-order valence-electron chi connectivity index (χ3n) is 5.04. The molecule has 4 rings (SSSR count). The van der Waals surface area contributed by atoms with E-state index >= 15 is 0 Å². The Morgan fingerprint density at radius 1 is 1.32 bits per heavy atom. The van der Waals surface area contributed by atoms with Gasteiger partial charge in [0.1, 0.15) is 22.6 Å². The van der Waals surface area contributed by atoms with Crippen molar-refractivity contribution in [3.63, 3.8) is 0 Å². The molecular formula is C21H22N4O2S. The first-order valence-electron chi connectivity index (χ1n) is 9.54. The Bertz CT molecular complexity index is 1080. The smallest absolute Gasteiger partial charge is 0.247 e. The standard InChI is InChI=1S/C21H22N4O2S/c1-12(23-14-8-9-18-17(10-14)24-13(2)27-18)20(26)25-21-16(11-22)15-6-4-3-5-7-19(15)28-21/h8-10,12,23H,3-7H2,1-2H3,(H,25,26)/t12-/m1/s1. The van der Waals surface area contributed by atoms with Gasteiger partial charge in [-0.3, -0.25) is 4.79 Å². The summed E-state index contributed by atoms with van der Waals surface area (Å²) in [6.07, 6.45) is 5.37. The minimum atomic E-state index is -0.459. The first kappa shape index (κ1) is 18.5. The van der Waals surface area contributed by atoms with Crippen LogP contribution in [-0.4, -0.2) is 16.9 Å². The van der Waals surface area contributed by atoms with Crippen LogP contribution < -0.4 is 10.6 Å². The molecule has 0 radical (unpaired) electrons. The van der Waals surface area contributed by atoms with Crippen molar-refractivity contribution < 1.29 is 9.21 Å². The van der Waals surface area contributed by atoms with Gasteiger partial charge in [-0.2, -0.15) is 5.26 Å². The molecule has 0 fully saturated rings. The maximum atomic E-state index is 12.7. The van der Waals surface area contributed by atoms with Gasteiger partial charge in [0.2, 0.25) is 5.91 Å². The lowest BCUT2D eigenvalue weighted by molar-refractivity contribution is -0.116. The molecule has 0 unspecified atom stereocenters. The Balaban J connectivity index is 1.49. The van der Waals surface area contributed by atoms with Crippen molar-refractivity contribution in [2.45, 2.75) is 52.0 Å². The first-order valence-corrected chi connectivity index (χ1v) is 10.4. The molecule has 2 aromatic heterocycles. The molecule has 1 aliphatic carbocycles. The van der Waals surface area contributed by atoms with Gasteiger partial charge >= 0.3 is 0 Å². The van der Waals surface area contributed by atoms with Crippen LogP contribution in [-0.2, 0) is 17.6 Å². The summed E-state index contributed by atoms with van der Waals surface area (Å²) < 4.78 is 5.48. The molecule has 1 aliphatic rings. The highest BCUT2D eigenvalue weighted by Crippen LogP contribution is 2.37. The quantitative estimate of drug-likeness (QED) is 0.622. The summed E-state index contributed by atoms with van der Waals surface area (Å²) in [5.41, 5.74) is 4.04. The number of aromatic nitrogens is 1. The number of benzene rings is 1. The zero-order valence-corrected chi connectivity index (χ0v) is 16.8. The van der Waals surface area contributed by atoms with E-state index in [0.717, 1.165) is 48.0 Å². The average Bonchev–Trinajstić information content (AvgIpc) is 3.10. The molecular weight excluding hydrogens is 372 g/mol. The number of rotatable bonds is 4. The van der Waals surface area contributed by atoms with Gasteiger partial charge in [-0.25, -0.2) is 4.98 Å². The number of fused-ring (bicyclic) bond motifs is 2. The van der Waals surface area contributed by atoms with Crippen LogP contribution in [0.4, 0.5) is 10.7 Å². The number of nitriles is 1. The summed E-state index contributed by atoms with van der Waals surface area (Å²) in [7, 11) is 0. The number of oxazole rings is 1. The molecule has 0 bridgehead atoms. The molecule has 144 valence electrons. The molecule has 28 heavy (non-hydrogen) atoms. The summed E-state index contributed by atoms with van der Waals surface area (Å²) in [6.45, 7) is 3.61. The van der Waals surface area contributed by atoms with Gasteiger partial charge in [-0.05, 0) is 56.4 Å². The zero-order chi connectivity index (χ0) is 19.7. The van der Waals surface area contributed by atoms with E-state index in [4.69, 9.17) is 4.42 Å². The molecule has 0 spiro atoms. The van der Waals surface area contributed by atoms with E-state index in [9.17, 15) is 10.1 Å². The van der Waals surface area contributed by atoms with Crippen molar-refractivity contribution in [1.29, 1.82) is 5.26 Å². The summed E-state index contributed by atoms with van der Waals surface area (Å²) in [5, 5.41) is 16.5. The molecule has 2 N–H and O–H groups in total. The van der Waals surface area contributed by atoms with Gasteiger partial charge in [0.05, 0.1) is 5.56 Å². The second-order valence-corrected chi connectivity index (χ2v) is 8.26. The SMILES string of the molecule is Cc1nc2cc(N[C@H](C)C(=O)Nc3sc4c(c3C#N)CCCCC4)ccc2o1. The molecule has 6 nitrogen and oxygen atoms in total. The minimum Gasteiger partial charge on any atom is -0.441 e. The molecule has 3 aromatic rings. The number of nitrogens with one attached hydrogen (secondary N) is 2. The van der Waals surface area contributed by atoms with E-state index in [-0.39, 0.29) is 5.91 Å². The van der Waals surface area contributed by atoms with Crippen molar-refractivity contribution in [2.24, 2.45) is 0 Å². The summed E-state index contributed by atoms with van der Waals surface area (Å²) in [6, 6.07) is 7.42. The number of carbonyl (C=O) groups is 1. The number of carbonyl (C=O) groups excluding carboxylic acids is 1. The second kappa shape index (κ2) is 7.64. The summed E-state index contributed by atoms with van der Waals surface area (Å²) in [5.74, 6) is 0.448. The Hall–Kier alpha value is -2.85. The highest BCUT2D eigenvalue weighted by molar-refractivity contribution is 7.16. The van der Waals surface area contributed by atoms with E-state index in [0.29, 0.717) is 16.5 Å². The normalized spacial score (nSPS) is 14.8. The Kier molecular flexibility index (Phi) is 5.05. The molecule has 0 saturated carbocycles. The van der Waals surface area contributed by atoms with Crippen molar-refractivity contribution in [2.75, 3.05) is 10.6 Å². The summed E-state index contributed by atoms with van der Waals surface area (Å²) >= 11 is 1.55. The predicted molar refractivity (Wildman–Crippen MR) is 111 cm³/mol. The maximum Gasteiger partial charge on any atom is 0.247 e. The van der Waals surface area contributed by atoms with E-state index in [2.05, 4.69) is 21.7 Å². The number of anilines is 2. The van der Waals surface area contributed by atoms with Crippen molar-refractivity contribution in [3.8, 4) is 6.07 Å². The van der Waals surface area contributed by atoms with Gasteiger partial charge in [0, 0.05) is 17.5 Å². The van der Waals surface area contributed by atoms with Crippen LogP contribution in [0.15, 0.2) is 22.6 Å². The van der Waals surface area contributed by atoms with Crippen LogP contribution in [0.3, 0.4) is 0 Å². The monoisotopic (exact) mass is 394 g/mol. The molecule has 7 heteroatoms. The molecule has 1 aromatic carbocycles. The molecule has 0 saturated heterocycles. The van der Waals surface area contributed by atoms with Gasteiger partial charge in [0.25, 0.3) is 0 Å². The number of hydrogen-bond donors (Lipinski definition) is 2. The lowest BCUT2D eigenvalue weighted by atomic mass is 10.1. The Morgan fingerprint density at radius 2 is 2.14 bits per heavy atom. The third-order valence-corrected chi connectivity index (χ3v) is 6.25. The second-order valence-electron chi connectivity index (χ2n) is 7.15. The van der Waals surface area contributed by atoms with E-state index in [1.807, 2.05) is 18.2 Å². The fourth-order valence-corrected chi connectivity index (χ4v) is 4.86. The first-order chi connectivity index (χ1) is 13.5. The van der Waals surface area contributed by atoms with Crippen LogP contribution in [0, 0.1) is 18.3 Å². The van der Waals surface area contributed by atoms with Crippen molar-refractivity contribution >= 4 is 39.0 Å². The van der Waals surface area contributed by atoms with E-state index in [1.54, 1.807) is 25.2 Å². The summed E-state index contributed by atoms with van der Waals surface area (Å²) in [4.78, 5) is 18.3. The Labute approximate surface area is 167 Å². The number of amides is 1. The van der Waals surface area contributed by atoms with E-state index < -0.39 is 6.04 Å². The zero-order valence-electron chi connectivity index (χ0n) is 16.0. The molecule has 1 amide bonds. The number of aryl methyl sites for hydroxylation is 2. The van der Waals surface area contributed by atoms with Crippen LogP contribution in [0.1, 0.15) is 48.1 Å². The van der Waals surface area contributed by atoms with Gasteiger partial charge in [-0.1, -0.05) is 6.42 Å². The number of thiophene rings is 1. The Morgan fingerprint density at radius 3 is 2.96 bits per heavy atom. The third kappa shape index (κ3) is 3.60. The van der Waals surface area contributed by atoms with E-state index in [1.165, 1.54) is 11.3 Å². The molecule has 1 atom stereocenters. The number of nitrogens with zero attached hydrogens (tertiary/aromatic N) is 2. The van der Waals surface area contributed by atoms with Crippen LogP contribution in [0.5, 0.6) is 0 Å². The minimum absolute atomic E-state index is 0.163. The highest BCUT2D eigenvalue weighted by atomic mass is 32.1. The van der Waals surface area contributed by atoms with Crippen LogP contribution in [0.25, 0.3) is 11.1 Å². The predicted octanol–water partition coefficient (Wildman–Crippen LogP) is 4.78. The average molecular weight is 395 g/mol. The number of hydrogen-bond acceptors (Lipinski definition) is 6. The van der Waals surface area contributed by atoms with Crippen LogP contribution >= 0.6 is 11.3 Å². The maximum absolute atomic E-state index is 12.7. The largest absolute Gasteiger partial charge is 0.441 e. The lowest BCUT2D eigenvalue weighted by Crippen LogP contribution is -2.31.